The minimum absolute atomic E-state index is 0.411. The number of rotatable bonds is 1. The first-order chi connectivity index (χ1) is 7.79. The van der Waals surface area contributed by atoms with Crippen LogP contribution in [0, 0.1) is 0 Å². The van der Waals surface area contributed by atoms with Crippen LogP contribution in [-0.4, -0.2) is 14.5 Å². The molecular weight excluding hydrogens is 198 g/mol. The molecule has 80 valence electrons. The molecule has 0 aliphatic heterocycles. The van der Waals surface area contributed by atoms with Crippen LogP contribution in [0.3, 0.4) is 0 Å². The fourth-order valence-corrected chi connectivity index (χ4v) is 2.26. The minimum Gasteiger partial charge on any atom is -0.335 e. The Kier molecular flexibility index (Phi) is 1.93. The van der Waals surface area contributed by atoms with Gasteiger partial charge in [0.15, 0.2) is 0 Å². The third-order valence-corrected chi connectivity index (χ3v) is 2.88. The van der Waals surface area contributed by atoms with Crippen LogP contribution in [0.1, 0.15) is 19.9 Å². The maximum atomic E-state index is 4.46. The summed E-state index contributed by atoms with van der Waals surface area (Å²) in [4.78, 5) is 8.67. The zero-order valence-electron chi connectivity index (χ0n) is 9.38. The van der Waals surface area contributed by atoms with Crippen LogP contribution in [0.2, 0.25) is 0 Å². The largest absolute Gasteiger partial charge is 0.335 e. The van der Waals surface area contributed by atoms with Crippen molar-refractivity contribution in [1.29, 1.82) is 0 Å². The fraction of sp³-hybridized carbons (Fsp3) is 0.231. The van der Waals surface area contributed by atoms with Crippen molar-refractivity contribution >= 4 is 21.9 Å². The maximum absolute atomic E-state index is 4.46. The van der Waals surface area contributed by atoms with Gasteiger partial charge in [0.2, 0.25) is 0 Å². The topological polar surface area (TPSA) is 30.7 Å². The van der Waals surface area contributed by atoms with Crippen molar-refractivity contribution < 1.29 is 0 Å². The molecule has 3 aromatic heterocycles. The van der Waals surface area contributed by atoms with Crippen molar-refractivity contribution in [2.45, 2.75) is 19.9 Å². The highest BCUT2D eigenvalue weighted by molar-refractivity contribution is 6.05. The summed E-state index contributed by atoms with van der Waals surface area (Å²) >= 11 is 0. The molecule has 16 heavy (non-hydrogen) atoms. The Hall–Kier alpha value is -1.90. The van der Waals surface area contributed by atoms with Crippen LogP contribution in [0.25, 0.3) is 21.9 Å². The number of pyridine rings is 2. The van der Waals surface area contributed by atoms with E-state index in [1.165, 1.54) is 10.9 Å². The Balaban J connectivity index is 2.59. The van der Waals surface area contributed by atoms with E-state index in [2.05, 4.69) is 34.4 Å². The van der Waals surface area contributed by atoms with Gasteiger partial charge in [-0.15, -0.1) is 0 Å². The molecule has 3 rings (SSSR count). The highest BCUT2D eigenvalue weighted by Crippen LogP contribution is 2.29. The van der Waals surface area contributed by atoms with Gasteiger partial charge in [0.25, 0.3) is 0 Å². The Labute approximate surface area is 93.7 Å². The molecule has 0 aliphatic carbocycles. The van der Waals surface area contributed by atoms with Gasteiger partial charge >= 0.3 is 0 Å². The zero-order valence-corrected chi connectivity index (χ0v) is 9.38. The first kappa shape index (κ1) is 9.33. The van der Waals surface area contributed by atoms with Gasteiger partial charge in [0.1, 0.15) is 0 Å². The first-order valence-electron chi connectivity index (χ1n) is 5.47. The molecule has 0 radical (unpaired) electrons. The van der Waals surface area contributed by atoms with Crippen molar-refractivity contribution in [2.75, 3.05) is 0 Å². The van der Waals surface area contributed by atoms with E-state index in [1.807, 2.05) is 30.7 Å². The molecule has 0 spiro atoms. The predicted octanol–water partition coefficient (Wildman–Crippen LogP) is 3.17. The van der Waals surface area contributed by atoms with Crippen molar-refractivity contribution in [2.24, 2.45) is 0 Å². The van der Waals surface area contributed by atoms with E-state index in [4.69, 9.17) is 0 Å². The summed E-state index contributed by atoms with van der Waals surface area (Å²) in [5, 5.41) is 1.18. The van der Waals surface area contributed by atoms with Crippen molar-refractivity contribution in [3.05, 3.63) is 36.8 Å². The van der Waals surface area contributed by atoms with Crippen LogP contribution in [0.5, 0.6) is 0 Å². The van der Waals surface area contributed by atoms with Gasteiger partial charge in [-0.3, -0.25) is 9.97 Å². The molecule has 0 saturated carbocycles. The van der Waals surface area contributed by atoms with E-state index in [9.17, 15) is 0 Å². The normalized spacial score (nSPS) is 11.7. The SMILES string of the molecule is CC(C)n1c2cnccc2c2ncccc21. The lowest BCUT2D eigenvalue weighted by Gasteiger charge is -2.10. The molecule has 3 heterocycles. The van der Waals surface area contributed by atoms with Gasteiger partial charge in [-0.2, -0.15) is 0 Å². The number of nitrogens with zero attached hydrogens (tertiary/aromatic N) is 3. The lowest BCUT2D eigenvalue weighted by Crippen LogP contribution is -1.99. The average Bonchev–Trinajstić information content (AvgIpc) is 2.63. The van der Waals surface area contributed by atoms with Crippen LogP contribution in [0.15, 0.2) is 36.8 Å². The van der Waals surface area contributed by atoms with Crippen molar-refractivity contribution in [3.8, 4) is 0 Å². The average molecular weight is 211 g/mol. The molecule has 3 aromatic rings. The van der Waals surface area contributed by atoms with E-state index in [1.54, 1.807) is 0 Å². The number of aromatic nitrogens is 3. The molecule has 3 heteroatoms. The second-order valence-electron chi connectivity index (χ2n) is 4.23. The van der Waals surface area contributed by atoms with E-state index in [0.29, 0.717) is 6.04 Å². The third-order valence-electron chi connectivity index (χ3n) is 2.88. The van der Waals surface area contributed by atoms with Gasteiger partial charge in [0.05, 0.1) is 22.7 Å². The van der Waals surface area contributed by atoms with Crippen LogP contribution < -0.4 is 0 Å². The summed E-state index contributed by atoms with van der Waals surface area (Å²) in [5.41, 5.74) is 3.40. The van der Waals surface area contributed by atoms with Gasteiger partial charge < -0.3 is 4.57 Å². The first-order valence-corrected chi connectivity index (χ1v) is 5.47. The van der Waals surface area contributed by atoms with Crippen LogP contribution in [0.4, 0.5) is 0 Å². The second-order valence-corrected chi connectivity index (χ2v) is 4.23. The molecule has 0 atom stereocenters. The predicted molar refractivity (Wildman–Crippen MR) is 65.4 cm³/mol. The molecule has 0 aromatic carbocycles. The van der Waals surface area contributed by atoms with Crippen LogP contribution in [-0.2, 0) is 0 Å². The molecule has 0 aliphatic rings. The fourth-order valence-electron chi connectivity index (χ4n) is 2.26. The molecule has 0 bridgehead atoms. The van der Waals surface area contributed by atoms with E-state index in [-0.39, 0.29) is 0 Å². The quantitative estimate of drug-likeness (QED) is 0.619. The van der Waals surface area contributed by atoms with E-state index < -0.39 is 0 Å². The molecule has 0 amide bonds. The smallest absolute Gasteiger partial charge is 0.0960 e. The van der Waals surface area contributed by atoms with Gasteiger partial charge in [0, 0.05) is 23.8 Å². The lowest BCUT2D eigenvalue weighted by atomic mass is 10.3. The highest BCUT2D eigenvalue weighted by Gasteiger charge is 2.12. The monoisotopic (exact) mass is 211 g/mol. The van der Waals surface area contributed by atoms with Gasteiger partial charge in [-0.1, -0.05) is 0 Å². The Bertz CT molecular complexity index is 599. The van der Waals surface area contributed by atoms with Crippen molar-refractivity contribution in [1.82, 2.24) is 14.5 Å². The van der Waals surface area contributed by atoms with Gasteiger partial charge in [-0.05, 0) is 32.0 Å². The highest BCUT2D eigenvalue weighted by atomic mass is 15.0. The summed E-state index contributed by atoms with van der Waals surface area (Å²) in [5.74, 6) is 0. The minimum atomic E-state index is 0.411. The lowest BCUT2D eigenvalue weighted by molar-refractivity contribution is 0.641. The Morgan fingerprint density at radius 3 is 2.81 bits per heavy atom. The zero-order chi connectivity index (χ0) is 11.1. The standard InChI is InChI=1S/C13H13N3/c1-9(2)16-11-4-3-6-15-13(11)10-5-7-14-8-12(10)16/h3-9H,1-2H3. The molecule has 3 nitrogen and oxygen atoms in total. The molecule has 0 N–H and O–H groups in total. The molecule has 0 fully saturated rings. The van der Waals surface area contributed by atoms with E-state index >= 15 is 0 Å². The number of hydrogen-bond acceptors (Lipinski definition) is 2. The van der Waals surface area contributed by atoms with Crippen molar-refractivity contribution in [3.63, 3.8) is 0 Å². The molecule has 0 unspecified atom stereocenters. The summed E-state index contributed by atoms with van der Waals surface area (Å²) in [6, 6.07) is 6.53. The summed E-state index contributed by atoms with van der Waals surface area (Å²) in [6.07, 6.45) is 5.57. The van der Waals surface area contributed by atoms with Crippen LogP contribution >= 0.6 is 0 Å². The molecule has 0 saturated heterocycles. The number of hydrogen-bond donors (Lipinski definition) is 0. The molecular formula is C13H13N3. The number of fused-ring (bicyclic) bond motifs is 3. The third kappa shape index (κ3) is 1.14. The summed E-state index contributed by atoms with van der Waals surface area (Å²) in [6.45, 7) is 4.36. The maximum Gasteiger partial charge on any atom is 0.0960 e. The Morgan fingerprint density at radius 1 is 1.12 bits per heavy atom. The van der Waals surface area contributed by atoms with E-state index in [0.717, 1.165) is 11.0 Å². The summed E-state index contributed by atoms with van der Waals surface area (Å²) in [7, 11) is 0. The second kappa shape index (κ2) is 3.30. The summed E-state index contributed by atoms with van der Waals surface area (Å²) < 4.78 is 2.28. The Morgan fingerprint density at radius 2 is 2.00 bits per heavy atom. The van der Waals surface area contributed by atoms with Gasteiger partial charge in [-0.25, -0.2) is 0 Å².